The number of halogens is 2. The fourth-order valence-corrected chi connectivity index (χ4v) is 1.48. The van der Waals surface area contributed by atoms with Crippen LogP contribution in [0.5, 0.6) is 0 Å². The van der Waals surface area contributed by atoms with E-state index in [0.717, 1.165) is 6.42 Å². The van der Waals surface area contributed by atoms with E-state index in [1.54, 1.807) is 0 Å². The molecule has 0 aliphatic rings. The van der Waals surface area contributed by atoms with Crippen LogP contribution in [0.4, 0.5) is 4.39 Å². The van der Waals surface area contributed by atoms with Crippen molar-refractivity contribution >= 4 is 17.1 Å². The molecular weight excluding hydrogens is 219 g/mol. The summed E-state index contributed by atoms with van der Waals surface area (Å²) in [5.41, 5.74) is 0.259. The maximum absolute atomic E-state index is 13.4. The van der Waals surface area contributed by atoms with Gasteiger partial charge in [-0.25, -0.2) is 14.5 Å². The van der Waals surface area contributed by atoms with E-state index in [9.17, 15) is 4.39 Å². The first kappa shape index (κ1) is 10.3. The number of fused-ring (bicyclic) bond motifs is 1. The molecule has 80 valence electrons. The zero-order valence-corrected chi connectivity index (χ0v) is 9.16. The minimum atomic E-state index is -0.554. The van der Waals surface area contributed by atoms with Crippen LogP contribution in [-0.4, -0.2) is 19.6 Å². The van der Waals surface area contributed by atoms with Crippen LogP contribution in [0.2, 0.25) is 5.28 Å². The molecular formula is C9H10ClFN4. The fraction of sp³-hybridized carbons (Fsp3) is 0.444. The molecule has 0 aromatic carbocycles. The Labute approximate surface area is 91.1 Å². The van der Waals surface area contributed by atoms with E-state index in [-0.39, 0.29) is 16.7 Å². The molecule has 0 spiro atoms. The summed E-state index contributed by atoms with van der Waals surface area (Å²) in [6.07, 6.45) is 2.20. The SMILES string of the molecule is CCC(C)c1nc(F)c2cnc(Cl)nn12. The molecule has 6 heteroatoms. The topological polar surface area (TPSA) is 43.1 Å². The molecule has 0 amide bonds. The summed E-state index contributed by atoms with van der Waals surface area (Å²) in [7, 11) is 0. The van der Waals surface area contributed by atoms with E-state index in [4.69, 9.17) is 11.6 Å². The number of imidazole rings is 1. The maximum Gasteiger partial charge on any atom is 0.242 e. The van der Waals surface area contributed by atoms with Gasteiger partial charge in [-0.2, -0.15) is 4.39 Å². The highest BCUT2D eigenvalue weighted by Crippen LogP contribution is 2.20. The zero-order chi connectivity index (χ0) is 11.0. The lowest BCUT2D eigenvalue weighted by molar-refractivity contribution is 0.585. The van der Waals surface area contributed by atoms with Crippen LogP contribution in [0.15, 0.2) is 6.20 Å². The van der Waals surface area contributed by atoms with Crippen molar-refractivity contribution in [3.63, 3.8) is 0 Å². The Balaban J connectivity index is 2.69. The predicted molar refractivity (Wildman–Crippen MR) is 54.5 cm³/mol. The molecule has 0 saturated carbocycles. The molecule has 0 fully saturated rings. The second kappa shape index (κ2) is 3.73. The molecule has 0 N–H and O–H groups in total. The normalized spacial score (nSPS) is 13.3. The average Bonchev–Trinajstić information content (AvgIpc) is 2.54. The van der Waals surface area contributed by atoms with Crippen LogP contribution >= 0.6 is 11.6 Å². The smallest absolute Gasteiger partial charge is 0.223 e. The summed E-state index contributed by atoms with van der Waals surface area (Å²) >= 11 is 5.65. The van der Waals surface area contributed by atoms with Crippen molar-refractivity contribution in [3.8, 4) is 0 Å². The van der Waals surface area contributed by atoms with Crippen LogP contribution in [-0.2, 0) is 0 Å². The van der Waals surface area contributed by atoms with Gasteiger partial charge in [0.05, 0.1) is 6.20 Å². The third-order valence-corrected chi connectivity index (χ3v) is 2.57. The number of rotatable bonds is 2. The van der Waals surface area contributed by atoms with E-state index >= 15 is 0 Å². The van der Waals surface area contributed by atoms with Gasteiger partial charge in [-0.1, -0.05) is 13.8 Å². The quantitative estimate of drug-likeness (QED) is 0.793. The van der Waals surface area contributed by atoms with E-state index in [1.807, 2.05) is 13.8 Å². The van der Waals surface area contributed by atoms with Crippen molar-refractivity contribution in [2.24, 2.45) is 0 Å². The third kappa shape index (κ3) is 1.67. The molecule has 0 aliphatic heterocycles. The number of nitrogens with zero attached hydrogens (tertiary/aromatic N) is 4. The Bertz CT molecular complexity index is 496. The zero-order valence-electron chi connectivity index (χ0n) is 8.41. The van der Waals surface area contributed by atoms with Gasteiger partial charge in [-0.3, -0.25) is 0 Å². The number of aromatic nitrogens is 4. The van der Waals surface area contributed by atoms with E-state index < -0.39 is 5.95 Å². The van der Waals surface area contributed by atoms with Gasteiger partial charge in [0.15, 0.2) is 0 Å². The van der Waals surface area contributed by atoms with Crippen LogP contribution in [0.3, 0.4) is 0 Å². The molecule has 0 bridgehead atoms. The summed E-state index contributed by atoms with van der Waals surface area (Å²) in [5, 5.41) is 4.02. The predicted octanol–water partition coefficient (Wildman–Crippen LogP) is 2.43. The second-order valence-electron chi connectivity index (χ2n) is 3.39. The lowest BCUT2D eigenvalue weighted by Gasteiger charge is -2.05. The van der Waals surface area contributed by atoms with Gasteiger partial charge in [0.25, 0.3) is 0 Å². The van der Waals surface area contributed by atoms with Crippen molar-refractivity contribution in [2.45, 2.75) is 26.2 Å². The van der Waals surface area contributed by atoms with Gasteiger partial charge in [-0.15, -0.1) is 5.10 Å². The van der Waals surface area contributed by atoms with E-state index in [2.05, 4.69) is 15.1 Å². The Hall–Kier alpha value is -1.23. The largest absolute Gasteiger partial charge is 0.242 e. The van der Waals surface area contributed by atoms with Crippen molar-refractivity contribution in [1.29, 1.82) is 0 Å². The Morgan fingerprint density at radius 1 is 1.60 bits per heavy atom. The molecule has 0 aliphatic carbocycles. The molecule has 15 heavy (non-hydrogen) atoms. The summed E-state index contributed by atoms with van der Waals surface area (Å²) in [6.45, 7) is 3.97. The molecule has 1 atom stereocenters. The summed E-state index contributed by atoms with van der Waals surface area (Å²) < 4.78 is 14.8. The first-order valence-electron chi connectivity index (χ1n) is 4.70. The Morgan fingerprint density at radius 3 is 3.00 bits per heavy atom. The maximum atomic E-state index is 13.4. The highest BCUT2D eigenvalue weighted by atomic mass is 35.5. The van der Waals surface area contributed by atoms with Crippen molar-refractivity contribution < 1.29 is 4.39 Å². The number of hydrogen-bond acceptors (Lipinski definition) is 3. The van der Waals surface area contributed by atoms with Crippen molar-refractivity contribution in [2.75, 3.05) is 0 Å². The second-order valence-corrected chi connectivity index (χ2v) is 3.73. The standard InChI is InChI=1S/C9H10ClFN4/c1-3-5(2)8-13-7(11)6-4-12-9(10)14-15(6)8/h4-5H,3H2,1-2H3. The van der Waals surface area contributed by atoms with Crippen LogP contribution in [0.1, 0.15) is 32.0 Å². The van der Waals surface area contributed by atoms with E-state index in [0.29, 0.717) is 5.82 Å². The highest BCUT2D eigenvalue weighted by Gasteiger charge is 2.16. The molecule has 2 rings (SSSR count). The van der Waals surface area contributed by atoms with Crippen molar-refractivity contribution in [3.05, 3.63) is 23.3 Å². The van der Waals surface area contributed by atoms with Gasteiger partial charge in [0.1, 0.15) is 11.3 Å². The summed E-state index contributed by atoms with van der Waals surface area (Å²) in [4.78, 5) is 7.56. The highest BCUT2D eigenvalue weighted by molar-refractivity contribution is 6.28. The van der Waals surface area contributed by atoms with Crippen LogP contribution in [0.25, 0.3) is 5.52 Å². The first-order chi connectivity index (χ1) is 7.13. The Kier molecular flexibility index (Phi) is 2.56. The molecule has 1 unspecified atom stereocenters. The molecule has 2 aromatic heterocycles. The van der Waals surface area contributed by atoms with Crippen molar-refractivity contribution in [1.82, 2.24) is 19.6 Å². The summed E-state index contributed by atoms with van der Waals surface area (Å²) in [5.74, 6) is 0.157. The van der Waals surface area contributed by atoms with Gasteiger partial charge < -0.3 is 0 Å². The lowest BCUT2D eigenvalue weighted by Crippen LogP contribution is -2.03. The minimum Gasteiger partial charge on any atom is -0.223 e. The average molecular weight is 229 g/mol. The van der Waals surface area contributed by atoms with Gasteiger partial charge in [0.2, 0.25) is 11.2 Å². The fourth-order valence-electron chi connectivity index (χ4n) is 1.35. The monoisotopic (exact) mass is 228 g/mol. The lowest BCUT2D eigenvalue weighted by atomic mass is 10.1. The third-order valence-electron chi connectivity index (χ3n) is 2.40. The molecule has 0 saturated heterocycles. The van der Waals surface area contributed by atoms with E-state index in [1.165, 1.54) is 10.7 Å². The van der Waals surface area contributed by atoms with Crippen LogP contribution in [0, 0.1) is 5.95 Å². The number of hydrogen-bond donors (Lipinski definition) is 0. The van der Waals surface area contributed by atoms with Gasteiger partial charge in [0, 0.05) is 5.92 Å². The minimum absolute atomic E-state index is 0.0875. The molecule has 0 radical (unpaired) electrons. The van der Waals surface area contributed by atoms with Crippen LogP contribution < -0.4 is 0 Å². The molecule has 2 aromatic rings. The molecule has 2 heterocycles. The molecule has 4 nitrogen and oxygen atoms in total. The Morgan fingerprint density at radius 2 is 2.33 bits per heavy atom. The first-order valence-corrected chi connectivity index (χ1v) is 5.08. The van der Waals surface area contributed by atoms with Gasteiger partial charge in [-0.05, 0) is 18.0 Å². The van der Waals surface area contributed by atoms with Gasteiger partial charge >= 0.3 is 0 Å². The summed E-state index contributed by atoms with van der Waals surface area (Å²) in [6, 6.07) is 0.